The van der Waals surface area contributed by atoms with Crippen LogP contribution in [-0.2, 0) is 26.4 Å². The van der Waals surface area contributed by atoms with E-state index >= 15 is 0 Å². The molecule has 1 rings (SSSR count). The summed E-state index contributed by atoms with van der Waals surface area (Å²) in [6.45, 7) is 0.248. The molecule has 0 saturated heterocycles. The molecule has 0 fully saturated rings. The number of primary amides is 1. The van der Waals surface area contributed by atoms with Crippen molar-refractivity contribution < 1.29 is 45.5 Å². The fraction of sp³-hybridized carbons (Fsp3) is 0.471. The lowest BCUT2D eigenvalue weighted by atomic mass is 10.1. The van der Waals surface area contributed by atoms with E-state index in [2.05, 4.69) is 5.10 Å². The standard InChI is InChI=1S/C15H25N7O6S.C2HF3O2/c1-20(2)29(26,27)28-12-7-5-11(6-8-12)10-21(15(18)19-22(24)25)13(14(17)23)4-3-9-16;3-2(4,5)1(6)7/h5-8,13H,3-4,9-10,16H2,1-2H3,(H2,17,23)(H2,18,19);(H,6,7)/t13-;/m1./s1. The number of rotatable bonds is 11. The summed E-state index contributed by atoms with van der Waals surface area (Å²) in [5.41, 5.74) is 17.2. The first-order chi connectivity index (χ1) is 16.4. The van der Waals surface area contributed by atoms with Crippen LogP contribution in [0.25, 0.3) is 0 Å². The Hall–Kier alpha value is -3.71. The number of guanidine groups is 1. The molecule has 0 aliphatic rings. The number of alkyl halides is 3. The van der Waals surface area contributed by atoms with Gasteiger partial charge < -0.3 is 31.4 Å². The van der Waals surface area contributed by atoms with Gasteiger partial charge in [-0.25, -0.2) is 14.9 Å². The van der Waals surface area contributed by atoms with Crippen molar-refractivity contribution >= 4 is 28.1 Å². The predicted octanol–water partition coefficient (Wildman–Crippen LogP) is -0.594. The van der Waals surface area contributed by atoms with E-state index in [1.165, 1.54) is 43.3 Å². The number of benzene rings is 1. The summed E-state index contributed by atoms with van der Waals surface area (Å²) in [6.07, 6.45) is -4.42. The summed E-state index contributed by atoms with van der Waals surface area (Å²) in [6, 6.07) is 4.87. The van der Waals surface area contributed by atoms with Crippen molar-refractivity contribution in [2.24, 2.45) is 22.3 Å². The van der Waals surface area contributed by atoms with Crippen molar-refractivity contribution in [3.8, 4) is 5.75 Å². The number of nitrogens with two attached hydrogens (primary N) is 3. The third-order valence-corrected chi connectivity index (χ3v) is 5.33. The van der Waals surface area contributed by atoms with E-state index in [0.717, 1.165) is 4.31 Å². The first kappa shape index (κ1) is 32.3. The van der Waals surface area contributed by atoms with Crippen LogP contribution < -0.4 is 21.4 Å². The lowest BCUT2D eigenvalue weighted by molar-refractivity contribution is -0.485. The van der Waals surface area contributed by atoms with E-state index in [0.29, 0.717) is 12.0 Å². The Morgan fingerprint density at radius 1 is 1.22 bits per heavy atom. The number of hydrogen-bond acceptors (Lipinski definition) is 8. The quantitative estimate of drug-likeness (QED) is 0.118. The first-order valence-corrected chi connectivity index (χ1v) is 11.0. The van der Waals surface area contributed by atoms with Gasteiger partial charge >= 0.3 is 22.4 Å². The molecular weight excluding hydrogens is 519 g/mol. The fourth-order valence-corrected chi connectivity index (χ4v) is 2.80. The molecule has 19 heteroatoms. The molecule has 204 valence electrons. The molecular formula is C17H26F3N7O8S. The molecule has 0 aromatic heterocycles. The molecule has 1 aromatic carbocycles. The Morgan fingerprint density at radius 2 is 1.72 bits per heavy atom. The van der Waals surface area contributed by atoms with Gasteiger partial charge in [-0.05, 0) is 37.1 Å². The maximum absolute atomic E-state index is 11.9. The molecule has 1 aromatic rings. The Morgan fingerprint density at radius 3 is 2.08 bits per heavy atom. The minimum Gasteiger partial charge on any atom is -0.475 e. The second kappa shape index (κ2) is 14.0. The number of carboxylic acid groups (broad SMARTS) is 1. The van der Waals surface area contributed by atoms with E-state index < -0.39 is 45.4 Å². The van der Waals surface area contributed by atoms with Crippen molar-refractivity contribution in [3.05, 3.63) is 39.9 Å². The molecule has 15 nitrogen and oxygen atoms in total. The average molecular weight is 545 g/mol. The molecule has 0 heterocycles. The number of aliphatic carboxylic acids is 1. The lowest BCUT2D eigenvalue weighted by Crippen LogP contribution is -2.50. The highest BCUT2D eigenvalue weighted by atomic mass is 32.2. The maximum atomic E-state index is 11.9. The van der Waals surface area contributed by atoms with Crippen LogP contribution in [0.4, 0.5) is 13.2 Å². The summed E-state index contributed by atoms with van der Waals surface area (Å²) in [5, 5.41) is 19.9. The van der Waals surface area contributed by atoms with Crippen LogP contribution in [0.1, 0.15) is 18.4 Å². The highest BCUT2D eigenvalue weighted by Gasteiger charge is 2.38. The van der Waals surface area contributed by atoms with Crippen LogP contribution in [0.15, 0.2) is 29.4 Å². The van der Waals surface area contributed by atoms with Gasteiger partial charge in [0.15, 0.2) is 5.03 Å². The number of halogens is 3. The second-order valence-corrected chi connectivity index (χ2v) is 8.70. The van der Waals surface area contributed by atoms with E-state index in [4.69, 9.17) is 31.3 Å². The molecule has 1 atom stereocenters. The summed E-state index contributed by atoms with van der Waals surface area (Å²) < 4.78 is 61.1. The van der Waals surface area contributed by atoms with Gasteiger partial charge in [-0.1, -0.05) is 12.1 Å². The van der Waals surface area contributed by atoms with Crippen molar-refractivity contribution in [1.29, 1.82) is 0 Å². The van der Waals surface area contributed by atoms with Crippen LogP contribution in [0.2, 0.25) is 0 Å². The smallest absolute Gasteiger partial charge is 0.475 e. The molecule has 0 saturated carbocycles. The number of carboxylic acids is 1. The minimum atomic E-state index is -5.08. The van der Waals surface area contributed by atoms with E-state index in [9.17, 15) is 36.5 Å². The van der Waals surface area contributed by atoms with Gasteiger partial charge in [0.2, 0.25) is 5.91 Å². The van der Waals surface area contributed by atoms with Crippen LogP contribution >= 0.6 is 0 Å². The molecule has 0 radical (unpaired) electrons. The Balaban J connectivity index is 0.00000152. The Kier molecular flexibility index (Phi) is 12.6. The van der Waals surface area contributed by atoms with Crippen molar-refractivity contribution in [2.45, 2.75) is 31.6 Å². The van der Waals surface area contributed by atoms with Crippen LogP contribution in [0.5, 0.6) is 5.75 Å². The number of nitro groups is 1. The predicted molar refractivity (Wildman–Crippen MR) is 119 cm³/mol. The summed E-state index contributed by atoms with van der Waals surface area (Å²) in [5.74, 6) is -3.92. The Labute approximate surface area is 203 Å². The lowest BCUT2D eigenvalue weighted by Gasteiger charge is -2.29. The number of nitrogens with zero attached hydrogens (tertiary/aromatic N) is 4. The van der Waals surface area contributed by atoms with Gasteiger partial charge in [0.05, 0.1) is 0 Å². The highest BCUT2D eigenvalue weighted by molar-refractivity contribution is 7.84. The molecule has 0 aliphatic carbocycles. The minimum absolute atomic E-state index is 0.0396. The molecule has 0 bridgehead atoms. The second-order valence-electron chi connectivity index (χ2n) is 6.94. The number of carbonyl (C=O) groups is 2. The molecule has 1 amide bonds. The largest absolute Gasteiger partial charge is 0.490 e. The third-order valence-electron chi connectivity index (χ3n) is 4.03. The first-order valence-electron chi connectivity index (χ1n) is 9.67. The van der Waals surface area contributed by atoms with Crippen LogP contribution in [0.3, 0.4) is 0 Å². The van der Waals surface area contributed by atoms with Gasteiger partial charge in [0.1, 0.15) is 16.9 Å². The number of amides is 1. The van der Waals surface area contributed by atoms with E-state index in [1.54, 1.807) is 0 Å². The van der Waals surface area contributed by atoms with Crippen molar-refractivity contribution in [1.82, 2.24) is 9.21 Å². The summed E-state index contributed by atoms with van der Waals surface area (Å²) in [4.78, 5) is 32.7. The zero-order valence-electron chi connectivity index (χ0n) is 19.1. The fourth-order valence-electron chi connectivity index (χ4n) is 2.30. The van der Waals surface area contributed by atoms with E-state index in [1.807, 2.05) is 0 Å². The van der Waals surface area contributed by atoms with E-state index in [-0.39, 0.29) is 25.3 Å². The number of carbonyl (C=O) groups excluding carboxylic acids is 1. The topological polar surface area (TPSA) is 238 Å². The van der Waals surface area contributed by atoms with Gasteiger partial charge in [-0.15, -0.1) is 0 Å². The van der Waals surface area contributed by atoms with Crippen molar-refractivity contribution in [2.75, 3.05) is 20.6 Å². The maximum Gasteiger partial charge on any atom is 0.490 e. The Bertz CT molecular complexity index is 1030. The van der Waals surface area contributed by atoms with Gasteiger partial charge in [0.25, 0.3) is 5.96 Å². The van der Waals surface area contributed by atoms with Crippen LogP contribution in [-0.4, -0.2) is 78.5 Å². The monoisotopic (exact) mass is 545 g/mol. The van der Waals surface area contributed by atoms with Crippen LogP contribution in [0, 0.1) is 10.1 Å². The molecule has 0 unspecified atom stereocenters. The average Bonchev–Trinajstić information content (AvgIpc) is 2.73. The molecule has 0 aliphatic heterocycles. The highest BCUT2D eigenvalue weighted by Crippen LogP contribution is 2.18. The normalized spacial score (nSPS) is 12.8. The van der Waals surface area contributed by atoms with Gasteiger partial charge in [-0.2, -0.15) is 25.9 Å². The summed E-state index contributed by atoms with van der Waals surface area (Å²) >= 11 is 0. The third kappa shape index (κ3) is 11.6. The molecule has 0 spiro atoms. The zero-order valence-corrected chi connectivity index (χ0v) is 19.9. The number of hydrogen-bond donors (Lipinski definition) is 4. The number of hydrazone groups is 1. The van der Waals surface area contributed by atoms with Crippen molar-refractivity contribution in [3.63, 3.8) is 0 Å². The molecule has 7 N–H and O–H groups in total. The SMILES string of the molecule is CN(C)S(=O)(=O)Oc1ccc(CN(C(N)=N[N+](=O)[O-])[C@H](CCCN)C(N)=O)cc1.O=C(O)C(F)(F)F. The van der Waals surface area contributed by atoms with Gasteiger partial charge in [-0.3, -0.25) is 4.79 Å². The molecule has 36 heavy (non-hydrogen) atoms. The zero-order chi connectivity index (χ0) is 28.3. The summed E-state index contributed by atoms with van der Waals surface area (Å²) in [7, 11) is -1.27. The van der Waals surface area contributed by atoms with Gasteiger partial charge in [0, 0.05) is 20.6 Å².